The summed E-state index contributed by atoms with van der Waals surface area (Å²) >= 11 is 0. The molecule has 4 heterocycles. The van der Waals surface area contributed by atoms with E-state index in [4.69, 9.17) is 9.26 Å². The van der Waals surface area contributed by atoms with Crippen LogP contribution in [0.15, 0.2) is 53.6 Å². The van der Waals surface area contributed by atoms with E-state index in [0.717, 1.165) is 16.8 Å². The molecule has 5 rings (SSSR count). The molecule has 0 fully saturated rings. The molecule has 4 aromatic heterocycles. The fraction of sp³-hybridized carbons (Fsp3) is 0.200. The number of ether oxygens (including phenoxy) is 1. The van der Waals surface area contributed by atoms with Gasteiger partial charge >= 0.3 is 0 Å². The zero-order valence-corrected chi connectivity index (χ0v) is 17.3. The first-order chi connectivity index (χ1) is 15.7. The molecule has 0 saturated heterocycles. The standard InChI is InChI=1S/C20H18N10O2/c1-13-21-7-6-18(24-13)31-11-17-16(9-23-29(17)2)20-25-19(26-32-20)15-5-3-4-14(8-15)10-30-12-22-27-28-30/h3-9,12H,10-11H2,1-2H3. The van der Waals surface area contributed by atoms with Gasteiger partial charge in [0.15, 0.2) is 0 Å². The van der Waals surface area contributed by atoms with E-state index in [0.29, 0.717) is 35.5 Å². The lowest BCUT2D eigenvalue weighted by Crippen LogP contribution is -2.05. The van der Waals surface area contributed by atoms with Crippen LogP contribution in [0, 0.1) is 6.92 Å². The minimum atomic E-state index is 0.238. The normalized spacial score (nSPS) is 11.1. The van der Waals surface area contributed by atoms with Crippen LogP contribution in [0.25, 0.3) is 22.8 Å². The smallest absolute Gasteiger partial charge is 0.261 e. The minimum absolute atomic E-state index is 0.238. The Bertz CT molecular complexity index is 1340. The van der Waals surface area contributed by atoms with E-state index in [1.165, 1.54) is 0 Å². The average molecular weight is 430 g/mol. The second kappa shape index (κ2) is 8.34. The maximum Gasteiger partial charge on any atom is 0.261 e. The molecule has 0 unspecified atom stereocenters. The molecule has 0 aliphatic rings. The van der Waals surface area contributed by atoms with Crippen molar-refractivity contribution in [2.75, 3.05) is 0 Å². The van der Waals surface area contributed by atoms with Gasteiger partial charge in [0.25, 0.3) is 5.89 Å². The van der Waals surface area contributed by atoms with Crippen molar-refractivity contribution < 1.29 is 9.26 Å². The van der Waals surface area contributed by atoms with Gasteiger partial charge in [-0.05, 0) is 29.0 Å². The van der Waals surface area contributed by atoms with Gasteiger partial charge in [0.05, 0.1) is 24.0 Å². The number of aromatic nitrogens is 10. The van der Waals surface area contributed by atoms with E-state index in [-0.39, 0.29) is 6.61 Å². The van der Waals surface area contributed by atoms with Gasteiger partial charge in [-0.1, -0.05) is 23.4 Å². The van der Waals surface area contributed by atoms with E-state index in [9.17, 15) is 0 Å². The Morgan fingerprint density at radius 3 is 2.94 bits per heavy atom. The Balaban J connectivity index is 1.37. The lowest BCUT2D eigenvalue weighted by atomic mass is 10.1. The van der Waals surface area contributed by atoms with Crippen molar-refractivity contribution in [2.24, 2.45) is 7.05 Å². The summed E-state index contributed by atoms with van der Waals surface area (Å²) in [6.45, 7) is 2.58. The predicted octanol–water partition coefficient (Wildman–Crippen LogP) is 1.85. The molecule has 0 N–H and O–H groups in total. The van der Waals surface area contributed by atoms with Crippen molar-refractivity contribution in [3.63, 3.8) is 0 Å². The first-order valence-electron chi connectivity index (χ1n) is 9.73. The van der Waals surface area contributed by atoms with E-state index in [1.807, 2.05) is 31.3 Å². The highest BCUT2D eigenvalue weighted by Gasteiger charge is 2.19. The van der Waals surface area contributed by atoms with Gasteiger partial charge in [-0.2, -0.15) is 15.1 Å². The summed E-state index contributed by atoms with van der Waals surface area (Å²) in [4.78, 5) is 12.9. The third-order valence-corrected chi connectivity index (χ3v) is 4.75. The molecule has 32 heavy (non-hydrogen) atoms. The number of benzene rings is 1. The molecule has 0 amide bonds. The largest absolute Gasteiger partial charge is 0.471 e. The summed E-state index contributed by atoms with van der Waals surface area (Å²) in [7, 11) is 1.83. The lowest BCUT2D eigenvalue weighted by Gasteiger charge is -2.07. The van der Waals surface area contributed by atoms with Crippen LogP contribution in [0.3, 0.4) is 0 Å². The number of nitrogens with zero attached hydrogens (tertiary/aromatic N) is 10. The van der Waals surface area contributed by atoms with E-state index < -0.39 is 0 Å². The summed E-state index contributed by atoms with van der Waals surface area (Å²) in [6, 6.07) is 9.51. The predicted molar refractivity (Wildman–Crippen MR) is 110 cm³/mol. The zero-order valence-electron chi connectivity index (χ0n) is 17.3. The Morgan fingerprint density at radius 1 is 1.16 bits per heavy atom. The van der Waals surface area contributed by atoms with Crippen molar-refractivity contribution >= 4 is 0 Å². The van der Waals surface area contributed by atoms with Crippen molar-refractivity contribution in [2.45, 2.75) is 20.1 Å². The van der Waals surface area contributed by atoms with E-state index in [1.54, 1.807) is 41.1 Å². The van der Waals surface area contributed by atoms with E-state index in [2.05, 4.69) is 40.7 Å². The third kappa shape index (κ3) is 4.05. The monoisotopic (exact) mass is 430 g/mol. The maximum absolute atomic E-state index is 5.81. The number of tetrazole rings is 1. The summed E-state index contributed by atoms with van der Waals surface area (Å²) in [6.07, 6.45) is 4.89. The summed E-state index contributed by atoms with van der Waals surface area (Å²) in [5, 5.41) is 19.7. The number of hydrogen-bond donors (Lipinski definition) is 0. The van der Waals surface area contributed by atoms with Gasteiger partial charge in [0, 0.05) is 24.9 Å². The molecule has 0 spiro atoms. The van der Waals surface area contributed by atoms with Crippen molar-refractivity contribution in [3.8, 4) is 28.7 Å². The first kappa shape index (κ1) is 19.5. The summed E-state index contributed by atoms with van der Waals surface area (Å²) in [5.74, 6) is 1.95. The molecule has 0 bridgehead atoms. The highest BCUT2D eigenvalue weighted by atomic mass is 16.5. The molecular formula is C20H18N10O2. The minimum Gasteiger partial charge on any atom is -0.471 e. The molecule has 1 aromatic carbocycles. The second-order valence-corrected chi connectivity index (χ2v) is 6.99. The van der Waals surface area contributed by atoms with Crippen LogP contribution in [0.4, 0.5) is 0 Å². The van der Waals surface area contributed by atoms with Crippen LogP contribution in [-0.2, 0) is 20.2 Å². The van der Waals surface area contributed by atoms with Crippen LogP contribution in [0.5, 0.6) is 5.88 Å². The molecule has 12 heteroatoms. The molecule has 0 aliphatic heterocycles. The average Bonchev–Trinajstić information content (AvgIpc) is 3.54. The molecule has 0 saturated carbocycles. The number of aryl methyl sites for hydroxylation is 2. The topological polar surface area (TPSA) is 135 Å². The number of rotatable bonds is 7. The third-order valence-electron chi connectivity index (χ3n) is 4.75. The van der Waals surface area contributed by atoms with Gasteiger partial charge < -0.3 is 9.26 Å². The van der Waals surface area contributed by atoms with E-state index >= 15 is 0 Å². The Morgan fingerprint density at radius 2 is 2.09 bits per heavy atom. The molecule has 0 aliphatic carbocycles. The van der Waals surface area contributed by atoms with Gasteiger partial charge in [0.2, 0.25) is 11.7 Å². The molecule has 5 aromatic rings. The Labute approximate surface area is 181 Å². The summed E-state index contributed by atoms with van der Waals surface area (Å²) < 4.78 is 14.7. The van der Waals surface area contributed by atoms with Crippen LogP contribution < -0.4 is 4.74 Å². The van der Waals surface area contributed by atoms with Crippen LogP contribution in [-0.4, -0.2) is 50.1 Å². The summed E-state index contributed by atoms with van der Waals surface area (Å²) in [5.41, 5.74) is 3.31. The SMILES string of the molecule is Cc1nccc(OCc2c(-c3nc(-c4cccc(Cn5cnnn5)c4)no3)cnn2C)n1. The van der Waals surface area contributed by atoms with Gasteiger partial charge in [-0.15, -0.1) is 5.10 Å². The van der Waals surface area contributed by atoms with Crippen molar-refractivity contribution in [1.82, 2.24) is 50.1 Å². The Kier molecular flexibility index (Phi) is 5.07. The highest BCUT2D eigenvalue weighted by molar-refractivity contribution is 5.61. The molecular weight excluding hydrogens is 412 g/mol. The molecule has 160 valence electrons. The fourth-order valence-electron chi connectivity index (χ4n) is 3.17. The molecule has 0 atom stereocenters. The molecule has 0 radical (unpaired) electrons. The van der Waals surface area contributed by atoms with Crippen molar-refractivity contribution in [3.05, 3.63) is 66.1 Å². The van der Waals surface area contributed by atoms with Crippen molar-refractivity contribution in [1.29, 1.82) is 0 Å². The highest BCUT2D eigenvalue weighted by Crippen LogP contribution is 2.26. The van der Waals surface area contributed by atoms with Crippen LogP contribution in [0.1, 0.15) is 17.1 Å². The fourth-order valence-corrected chi connectivity index (χ4v) is 3.17. The van der Waals surface area contributed by atoms with Crippen LogP contribution >= 0.6 is 0 Å². The molecule has 12 nitrogen and oxygen atoms in total. The first-order valence-corrected chi connectivity index (χ1v) is 9.73. The second-order valence-electron chi connectivity index (χ2n) is 6.99. The Hall–Kier alpha value is -4.48. The van der Waals surface area contributed by atoms with Gasteiger partial charge in [0.1, 0.15) is 18.8 Å². The number of hydrogen-bond acceptors (Lipinski definition) is 10. The van der Waals surface area contributed by atoms with Gasteiger partial charge in [-0.25, -0.2) is 9.67 Å². The zero-order chi connectivity index (χ0) is 21.9. The van der Waals surface area contributed by atoms with Crippen LogP contribution in [0.2, 0.25) is 0 Å². The maximum atomic E-state index is 5.81. The van der Waals surface area contributed by atoms with Gasteiger partial charge in [-0.3, -0.25) is 4.68 Å². The quantitative estimate of drug-likeness (QED) is 0.376. The lowest BCUT2D eigenvalue weighted by molar-refractivity contribution is 0.282.